The molecule has 0 aromatic carbocycles. The van der Waals surface area contributed by atoms with Gasteiger partial charge in [0.15, 0.2) is 0 Å². The standard InChI is InChI=1S/C7H15.5ClH.V/c1-3-5-7-6-4-2;;;;;;/h1,3-7H2,2H3;5*1H;/q-1;;;;;;. The summed E-state index contributed by atoms with van der Waals surface area (Å²) in [6, 6.07) is 0. The fourth-order valence-corrected chi connectivity index (χ4v) is 0.604. The van der Waals surface area contributed by atoms with Crippen molar-refractivity contribution in [3.63, 3.8) is 0 Å². The second-order valence-electron chi connectivity index (χ2n) is 1.91. The monoisotopic (exact) mass is 330 g/mol. The van der Waals surface area contributed by atoms with Crippen molar-refractivity contribution in [2.75, 3.05) is 0 Å². The van der Waals surface area contributed by atoms with Crippen LogP contribution >= 0.6 is 62.0 Å². The van der Waals surface area contributed by atoms with Crippen molar-refractivity contribution >= 4 is 62.0 Å². The second-order valence-corrected chi connectivity index (χ2v) is 1.91. The smallest absolute Gasteiger partial charge is 0 e. The summed E-state index contributed by atoms with van der Waals surface area (Å²) in [4.78, 5) is 0. The molecule has 89 valence electrons. The zero-order chi connectivity index (χ0) is 5.54. The third-order valence-electron chi connectivity index (χ3n) is 1.10. The van der Waals surface area contributed by atoms with E-state index in [9.17, 15) is 0 Å². The number of rotatable bonds is 4. The van der Waals surface area contributed by atoms with Crippen LogP contribution in [0.25, 0.3) is 0 Å². The average Bonchev–Trinajstić information content (AvgIpc) is 1.69. The van der Waals surface area contributed by atoms with E-state index in [4.69, 9.17) is 0 Å². The Balaban J connectivity index is -0.0000000120. The van der Waals surface area contributed by atoms with Crippen LogP contribution in [0.1, 0.15) is 39.0 Å². The van der Waals surface area contributed by atoms with Gasteiger partial charge in [0.1, 0.15) is 0 Å². The Morgan fingerprint density at radius 3 is 1.38 bits per heavy atom. The van der Waals surface area contributed by atoms with Crippen molar-refractivity contribution in [2.24, 2.45) is 0 Å². The Kier molecular flexibility index (Phi) is 170. The summed E-state index contributed by atoms with van der Waals surface area (Å²) in [5.41, 5.74) is 0. The van der Waals surface area contributed by atoms with Gasteiger partial charge in [0, 0.05) is 18.6 Å². The molecule has 1 radical (unpaired) electrons. The van der Waals surface area contributed by atoms with Crippen molar-refractivity contribution in [1.29, 1.82) is 0 Å². The second kappa shape index (κ2) is 48.2. The van der Waals surface area contributed by atoms with E-state index in [1.165, 1.54) is 25.7 Å². The van der Waals surface area contributed by atoms with E-state index in [1.54, 1.807) is 0 Å². The molecule has 0 amide bonds. The molecule has 0 rings (SSSR count). The summed E-state index contributed by atoms with van der Waals surface area (Å²) in [6.45, 7) is 5.98. The van der Waals surface area contributed by atoms with Gasteiger partial charge >= 0.3 is 0 Å². The Bertz CT molecular complexity index is 36.1. The van der Waals surface area contributed by atoms with Gasteiger partial charge in [0.2, 0.25) is 0 Å². The minimum absolute atomic E-state index is 0. The minimum atomic E-state index is 0. The van der Waals surface area contributed by atoms with E-state index in [0.29, 0.717) is 0 Å². The fraction of sp³-hybridized carbons (Fsp3) is 0.857. The molecule has 0 aliphatic rings. The molecule has 0 heterocycles. The average molecular weight is 332 g/mol. The first-order valence-corrected chi connectivity index (χ1v) is 3.21. The molecule has 0 atom stereocenters. The van der Waals surface area contributed by atoms with Gasteiger partial charge < -0.3 is 6.92 Å². The summed E-state index contributed by atoms with van der Waals surface area (Å²) in [6.07, 6.45) is 6.52. The Labute approximate surface area is 126 Å². The van der Waals surface area contributed by atoms with Crippen LogP contribution in [0.15, 0.2) is 0 Å². The van der Waals surface area contributed by atoms with E-state index >= 15 is 0 Å². The normalized spacial score (nSPS) is 5.08. The molecule has 0 spiro atoms. The summed E-state index contributed by atoms with van der Waals surface area (Å²) in [7, 11) is 0. The van der Waals surface area contributed by atoms with E-state index in [0.717, 1.165) is 6.42 Å². The molecule has 0 bridgehead atoms. The molecule has 0 aromatic rings. The maximum Gasteiger partial charge on any atom is 0 e. The van der Waals surface area contributed by atoms with Gasteiger partial charge in [-0.2, -0.15) is 6.42 Å². The van der Waals surface area contributed by atoms with E-state index in [2.05, 4.69) is 13.8 Å². The van der Waals surface area contributed by atoms with Crippen molar-refractivity contribution < 1.29 is 18.6 Å². The van der Waals surface area contributed by atoms with Crippen LogP contribution in [0.3, 0.4) is 0 Å². The van der Waals surface area contributed by atoms with Crippen molar-refractivity contribution in [3.8, 4) is 0 Å². The topological polar surface area (TPSA) is 0 Å². The molecular weight excluding hydrogens is 312 g/mol. The molecular formula is C7H20Cl5V-. The Morgan fingerprint density at radius 2 is 1.15 bits per heavy atom. The zero-order valence-electron chi connectivity index (χ0n) is 7.73. The molecule has 13 heavy (non-hydrogen) atoms. The first-order valence-electron chi connectivity index (χ1n) is 3.21. The summed E-state index contributed by atoms with van der Waals surface area (Å²) < 4.78 is 0. The zero-order valence-corrected chi connectivity index (χ0v) is 13.2. The predicted octanol–water partition coefficient (Wildman–Crippen LogP) is 4.90. The van der Waals surface area contributed by atoms with Crippen molar-refractivity contribution in [2.45, 2.75) is 39.0 Å². The summed E-state index contributed by atoms with van der Waals surface area (Å²) in [5.74, 6) is 0. The predicted molar refractivity (Wildman–Crippen MR) is 70.4 cm³/mol. The number of hydrogen-bond donors (Lipinski definition) is 0. The van der Waals surface area contributed by atoms with Crippen LogP contribution in [0.2, 0.25) is 0 Å². The molecule has 0 aliphatic heterocycles. The maximum absolute atomic E-state index is 3.76. The number of halogens is 5. The first kappa shape index (κ1) is 45.9. The third-order valence-corrected chi connectivity index (χ3v) is 1.10. The molecule has 0 nitrogen and oxygen atoms in total. The van der Waals surface area contributed by atoms with E-state index in [1.807, 2.05) is 0 Å². The molecule has 0 aromatic heterocycles. The van der Waals surface area contributed by atoms with Crippen LogP contribution in [0, 0.1) is 6.92 Å². The van der Waals surface area contributed by atoms with E-state index in [-0.39, 0.29) is 80.6 Å². The molecule has 0 aliphatic carbocycles. The molecule has 0 fully saturated rings. The van der Waals surface area contributed by atoms with E-state index < -0.39 is 0 Å². The number of unbranched alkanes of at least 4 members (excludes halogenated alkanes) is 4. The third kappa shape index (κ3) is 55.8. The van der Waals surface area contributed by atoms with Gasteiger partial charge in [-0.1, -0.05) is 32.6 Å². The number of hydrogen-bond acceptors (Lipinski definition) is 0. The van der Waals surface area contributed by atoms with Gasteiger partial charge in [-0.05, 0) is 0 Å². The van der Waals surface area contributed by atoms with Gasteiger partial charge in [0.05, 0.1) is 0 Å². The van der Waals surface area contributed by atoms with Crippen LogP contribution in [0.4, 0.5) is 0 Å². The Hall–Kier alpha value is 2.03. The van der Waals surface area contributed by atoms with Gasteiger partial charge in [-0.15, -0.1) is 62.0 Å². The summed E-state index contributed by atoms with van der Waals surface area (Å²) in [5, 5.41) is 0. The van der Waals surface area contributed by atoms with Crippen LogP contribution in [-0.2, 0) is 18.6 Å². The molecule has 0 saturated heterocycles. The summed E-state index contributed by atoms with van der Waals surface area (Å²) >= 11 is 0. The SMILES string of the molecule is Cl.Cl.Cl.Cl.Cl.[CH2-]CCCCCC.[V]. The fourth-order valence-electron chi connectivity index (χ4n) is 0.604. The van der Waals surface area contributed by atoms with Crippen molar-refractivity contribution in [3.05, 3.63) is 6.92 Å². The van der Waals surface area contributed by atoms with Gasteiger partial charge in [-0.25, -0.2) is 0 Å². The maximum atomic E-state index is 3.76. The minimum Gasteiger partial charge on any atom is -0.343 e. The molecule has 0 saturated carbocycles. The van der Waals surface area contributed by atoms with Gasteiger partial charge in [0.25, 0.3) is 0 Å². The quantitative estimate of drug-likeness (QED) is 0.507. The molecule has 6 heteroatoms. The van der Waals surface area contributed by atoms with Crippen molar-refractivity contribution in [1.82, 2.24) is 0 Å². The molecule has 0 unspecified atom stereocenters. The largest absolute Gasteiger partial charge is 0.343 e. The molecule has 0 N–H and O–H groups in total. The first-order chi connectivity index (χ1) is 3.41. The van der Waals surface area contributed by atoms with Gasteiger partial charge in [-0.3, -0.25) is 0 Å². The van der Waals surface area contributed by atoms with Crippen LogP contribution in [-0.4, -0.2) is 0 Å². The van der Waals surface area contributed by atoms with Crippen LogP contribution < -0.4 is 0 Å². The Morgan fingerprint density at radius 1 is 0.769 bits per heavy atom. The van der Waals surface area contributed by atoms with Crippen LogP contribution in [0.5, 0.6) is 0 Å².